The molecule has 0 unspecified atom stereocenters. The van der Waals surface area contributed by atoms with Crippen molar-refractivity contribution >= 4 is 0 Å². The molecule has 0 saturated carbocycles. The van der Waals surface area contributed by atoms with E-state index in [0.29, 0.717) is 0 Å². The van der Waals surface area contributed by atoms with Crippen LogP contribution in [0.25, 0.3) is 0 Å². The van der Waals surface area contributed by atoms with Crippen LogP contribution in [-0.4, -0.2) is 42.5 Å². The van der Waals surface area contributed by atoms with Gasteiger partial charge < -0.3 is 0 Å². The number of piperazine rings is 1. The summed E-state index contributed by atoms with van der Waals surface area (Å²) in [6, 6.07) is 10.8. The highest BCUT2D eigenvalue weighted by atomic mass is 15.3. The molecule has 0 aromatic heterocycles. The second-order valence-electron chi connectivity index (χ2n) is 5.17. The van der Waals surface area contributed by atoms with Crippen LogP contribution >= 0.6 is 0 Å². The van der Waals surface area contributed by atoms with Gasteiger partial charge in [-0.2, -0.15) is 0 Å². The fraction of sp³-hybridized carbons (Fsp3) is 0.500. The number of allylic oxidation sites excluding steroid dienone is 1. The third kappa shape index (κ3) is 3.97. The zero-order valence-electron chi connectivity index (χ0n) is 11.6. The highest BCUT2D eigenvalue weighted by Crippen LogP contribution is 2.09. The maximum absolute atomic E-state index is 2.55. The fourth-order valence-corrected chi connectivity index (χ4v) is 2.39. The second-order valence-corrected chi connectivity index (χ2v) is 5.17. The number of hydrogen-bond acceptors (Lipinski definition) is 2. The topological polar surface area (TPSA) is 6.48 Å². The summed E-state index contributed by atoms with van der Waals surface area (Å²) in [5.41, 5.74) is 2.90. The van der Waals surface area contributed by atoms with Crippen LogP contribution in [-0.2, 0) is 6.54 Å². The molecule has 2 nitrogen and oxygen atoms in total. The average molecular weight is 244 g/mol. The molecule has 0 bridgehead atoms. The Balaban J connectivity index is 1.77. The molecular formula is C16H24N2. The van der Waals surface area contributed by atoms with Gasteiger partial charge in [-0.05, 0) is 19.4 Å². The Morgan fingerprint density at radius 2 is 1.67 bits per heavy atom. The molecule has 2 rings (SSSR count). The van der Waals surface area contributed by atoms with E-state index in [9.17, 15) is 0 Å². The summed E-state index contributed by atoms with van der Waals surface area (Å²) in [6.45, 7) is 11.3. The Kier molecular flexibility index (Phi) is 4.97. The first-order chi connectivity index (χ1) is 8.78. The summed E-state index contributed by atoms with van der Waals surface area (Å²) in [6.07, 6.45) is 2.22. The first-order valence-corrected chi connectivity index (χ1v) is 6.88. The van der Waals surface area contributed by atoms with Gasteiger partial charge in [0.05, 0.1) is 0 Å². The SMILES string of the molecule is CC=C(C)CN1CCN(Cc2ccccc2)CC1. The summed E-state index contributed by atoms with van der Waals surface area (Å²) in [5.74, 6) is 0. The van der Waals surface area contributed by atoms with Crippen LogP contribution in [0.3, 0.4) is 0 Å². The smallest absolute Gasteiger partial charge is 0.0234 e. The van der Waals surface area contributed by atoms with Gasteiger partial charge in [-0.15, -0.1) is 0 Å². The Hall–Kier alpha value is -1.12. The first-order valence-electron chi connectivity index (χ1n) is 6.88. The van der Waals surface area contributed by atoms with Crippen LogP contribution in [0.5, 0.6) is 0 Å². The Morgan fingerprint density at radius 1 is 1.06 bits per heavy atom. The van der Waals surface area contributed by atoms with E-state index >= 15 is 0 Å². The molecule has 1 aliphatic rings. The molecule has 0 atom stereocenters. The lowest BCUT2D eigenvalue weighted by atomic mass is 10.2. The van der Waals surface area contributed by atoms with Crippen molar-refractivity contribution in [3.05, 3.63) is 47.5 Å². The summed E-state index contributed by atoms with van der Waals surface area (Å²) >= 11 is 0. The summed E-state index contributed by atoms with van der Waals surface area (Å²) in [4.78, 5) is 5.10. The lowest BCUT2D eigenvalue weighted by Crippen LogP contribution is -2.46. The zero-order valence-corrected chi connectivity index (χ0v) is 11.6. The number of rotatable bonds is 4. The summed E-state index contributed by atoms with van der Waals surface area (Å²) in [5, 5.41) is 0. The maximum atomic E-state index is 2.55. The van der Waals surface area contributed by atoms with Gasteiger partial charge in [0.1, 0.15) is 0 Å². The lowest BCUT2D eigenvalue weighted by Gasteiger charge is -2.34. The highest BCUT2D eigenvalue weighted by molar-refractivity contribution is 5.14. The number of benzene rings is 1. The third-order valence-corrected chi connectivity index (χ3v) is 3.68. The van der Waals surface area contributed by atoms with Gasteiger partial charge in [0.25, 0.3) is 0 Å². The van der Waals surface area contributed by atoms with Gasteiger partial charge in [-0.1, -0.05) is 42.0 Å². The quantitative estimate of drug-likeness (QED) is 0.752. The van der Waals surface area contributed by atoms with E-state index in [4.69, 9.17) is 0 Å². The van der Waals surface area contributed by atoms with Crippen molar-refractivity contribution in [2.75, 3.05) is 32.7 Å². The van der Waals surface area contributed by atoms with Crippen LogP contribution in [0.15, 0.2) is 42.0 Å². The minimum Gasteiger partial charge on any atom is -0.297 e. The van der Waals surface area contributed by atoms with Gasteiger partial charge in [-0.25, -0.2) is 0 Å². The standard InChI is InChI=1S/C16H24N2/c1-3-15(2)13-17-9-11-18(12-10-17)14-16-7-5-4-6-8-16/h3-8H,9-14H2,1-2H3. The van der Waals surface area contributed by atoms with Crippen molar-refractivity contribution in [2.45, 2.75) is 20.4 Å². The van der Waals surface area contributed by atoms with Crippen LogP contribution in [0.4, 0.5) is 0 Å². The Labute approximate surface area is 111 Å². The molecule has 18 heavy (non-hydrogen) atoms. The molecular weight excluding hydrogens is 220 g/mol. The van der Waals surface area contributed by atoms with Crippen molar-refractivity contribution in [3.63, 3.8) is 0 Å². The van der Waals surface area contributed by atoms with E-state index in [1.54, 1.807) is 0 Å². The molecule has 0 N–H and O–H groups in total. The van der Waals surface area contributed by atoms with Crippen LogP contribution < -0.4 is 0 Å². The van der Waals surface area contributed by atoms with Gasteiger partial charge in [0, 0.05) is 39.3 Å². The molecule has 1 saturated heterocycles. The maximum Gasteiger partial charge on any atom is 0.0234 e. The second kappa shape index (κ2) is 6.72. The average Bonchev–Trinajstić information content (AvgIpc) is 2.42. The van der Waals surface area contributed by atoms with Crippen LogP contribution in [0.2, 0.25) is 0 Å². The minimum absolute atomic E-state index is 1.09. The molecule has 1 aliphatic heterocycles. The van der Waals surface area contributed by atoms with Gasteiger partial charge in [-0.3, -0.25) is 9.80 Å². The van der Waals surface area contributed by atoms with E-state index in [-0.39, 0.29) is 0 Å². The minimum atomic E-state index is 1.09. The van der Waals surface area contributed by atoms with E-state index in [1.807, 2.05) is 0 Å². The van der Waals surface area contributed by atoms with Gasteiger partial charge in [0.2, 0.25) is 0 Å². The van der Waals surface area contributed by atoms with Crippen molar-refractivity contribution in [2.24, 2.45) is 0 Å². The normalized spacial score (nSPS) is 19.1. The molecule has 1 heterocycles. The number of nitrogens with zero attached hydrogens (tertiary/aromatic N) is 2. The van der Waals surface area contributed by atoms with Gasteiger partial charge in [0.15, 0.2) is 0 Å². The van der Waals surface area contributed by atoms with Crippen molar-refractivity contribution < 1.29 is 0 Å². The largest absolute Gasteiger partial charge is 0.297 e. The zero-order chi connectivity index (χ0) is 12.8. The molecule has 1 aromatic carbocycles. The van der Waals surface area contributed by atoms with Crippen molar-refractivity contribution in [1.82, 2.24) is 9.80 Å². The van der Waals surface area contributed by atoms with E-state index in [2.05, 4.69) is 60.1 Å². The lowest BCUT2D eigenvalue weighted by molar-refractivity contribution is 0.135. The molecule has 0 amide bonds. The first kappa shape index (κ1) is 13.3. The number of hydrogen-bond donors (Lipinski definition) is 0. The molecule has 1 aromatic rings. The molecule has 98 valence electrons. The highest BCUT2D eigenvalue weighted by Gasteiger charge is 2.16. The van der Waals surface area contributed by atoms with Gasteiger partial charge >= 0.3 is 0 Å². The molecule has 0 radical (unpaired) electrons. The van der Waals surface area contributed by atoms with Crippen molar-refractivity contribution in [3.8, 4) is 0 Å². The Bertz CT molecular complexity index is 375. The molecule has 1 fully saturated rings. The summed E-state index contributed by atoms with van der Waals surface area (Å²) in [7, 11) is 0. The van der Waals surface area contributed by atoms with E-state index in [1.165, 1.54) is 37.3 Å². The summed E-state index contributed by atoms with van der Waals surface area (Å²) < 4.78 is 0. The Morgan fingerprint density at radius 3 is 2.28 bits per heavy atom. The molecule has 0 aliphatic carbocycles. The monoisotopic (exact) mass is 244 g/mol. The fourth-order valence-electron chi connectivity index (χ4n) is 2.39. The molecule has 2 heteroatoms. The predicted molar refractivity (Wildman–Crippen MR) is 77.6 cm³/mol. The van der Waals surface area contributed by atoms with E-state index < -0.39 is 0 Å². The van der Waals surface area contributed by atoms with Crippen molar-refractivity contribution in [1.29, 1.82) is 0 Å². The third-order valence-electron chi connectivity index (χ3n) is 3.68. The van der Waals surface area contributed by atoms with Crippen LogP contribution in [0, 0.1) is 0 Å². The molecule has 0 spiro atoms. The van der Waals surface area contributed by atoms with E-state index in [0.717, 1.165) is 13.1 Å². The predicted octanol–water partition coefficient (Wildman–Crippen LogP) is 2.77. The van der Waals surface area contributed by atoms with Crippen LogP contribution in [0.1, 0.15) is 19.4 Å².